The summed E-state index contributed by atoms with van der Waals surface area (Å²) in [4.78, 5) is 12.3. The minimum Gasteiger partial charge on any atom is -0.492 e. The smallest absolute Gasteiger partial charge is 0.260 e. The van der Waals surface area contributed by atoms with E-state index < -0.39 is 6.10 Å². The first-order valence-electron chi connectivity index (χ1n) is 9.79. The van der Waals surface area contributed by atoms with Crippen LogP contribution in [0.25, 0.3) is 0 Å². The van der Waals surface area contributed by atoms with Crippen LogP contribution in [0.5, 0.6) is 11.5 Å². The zero-order chi connectivity index (χ0) is 19.2. The van der Waals surface area contributed by atoms with Crippen LogP contribution in [0.15, 0.2) is 36.4 Å². The lowest BCUT2D eigenvalue weighted by atomic mass is 9.92. The highest BCUT2D eigenvalue weighted by atomic mass is 16.5. The number of hydrogen-bond donors (Lipinski definition) is 1. The SMILES string of the molecule is Cc1ccc(OCCNC(=O)[C@@H](C)Oc2ccc3c(c2)CCCC3)cc1C. The van der Waals surface area contributed by atoms with Crippen molar-refractivity contribution in [1.29, 1.82) is 0 Å². The van der Waals surface area contributed by atoms with Crippen LogP contribution in [0.4, 0.5) is 0 Å². The van der Waals surface area contributed by atoms with Gasteiger partial charge in [0.05, 0.1) is 6.54 Å². The molecule has 0 spiro atoms. The van der Waals surface area contributed by atoms with E-state index >= 15 is 0 Å². The Labute approximate surface area is 161 Å². The fourth-order valence-corrected chi connectivity index (χ4v) is 3.33. The lowest BCUT2D eigenvalue weighted by Gasteiger charge is -2.19. The van der Waals surface area contributed by atoms with E-state index in [1.54, 1.807) is 6.92 Å². The van der Waals surface area contributed by atoms with Crippen LogP contribution >= 0.6 is 0 Å². The largest absolute Gasteiger partial charge is 0.492 e. The molecule has 0 saturated heterocycles. The topological polar surface area (TPSA) is 47.6 Å². The van der Waals surface area contributed by atoms with E-state index in [2.05, 4.69) is 31.3 Å². The van der Waals surface area contributed by atoms with Gasteiger partial charge >= 0.3 is 0 Å². The highest BCUT2D eigenvalue weighted by Crippen LogP contribution is 2.25. The van der Waals surface area contributed by atoms with Crippen molar-refractivity contribution >= 4 is 5.91 Å². The summed E-state index contributed by atoms with van der Waals surface area (Å²) in [7, 11) is 0. The van der Waals surface area contributed by atoms with Crippen molar-refractivity contribution in [3.8, 4) is 11.5 Å². The quantitative estimate of drug-likeness (QED) is 0.748. The zero-order valence-electron chi connectivity index (χ0n) is 16.5. The molecule has 4 nitrogen and oxygen atoms in total. The highest BCUT2D eigenvalue weighted by molar-refractivity contribution is 5.80. The maximum absolute atomic E-state index is 12.3. The van der Waals surface area contributed by atoms with E-state index in [-0.39, 0.29) is 5.91 Å². The summed E-state index contributed by atoms with van der Waals surface area (Å²) in [5.74, 6) is 1.46. The summed E-state index contributed by atoms with van der Waals surface area (Å²) in [6.07, 6.45) is 4.20. The average molecular weight is 367 g/mol. The molecule has 1 N–H and O–H groups in total. The molecular formula is C23H29NO3. The molecule has 0 saturated carbocycles. The molecule has 0 aromatic heterocycles. The van der Waals surface area contributed by atoms with Gasteiger partial charge in [0.25, 0.3) is 5.91 Å². The van der Waals surface area contributed by atoms with Crippen molar-refractivity contribution in [2.45, 2.75) is 52.6 Å². The van der Waals surface area contributed by atoms with Crippen LogP contribution < -0.4 is 14.8 Å². The van der Waals surface area contributed by atoms with E-state index in [0.717, 1.165) is 24.3 Å². The molecule has 144 valence electrons. The fourth-order valence-electron chi connectivity index (χ4n) is 3.33. The number of nitrogens with one attached hydrogen (secondary N) is 1. The van der Waals surface area contributed by atoms with Gasteiger partial charge in [-0.15, -0.1) is 0 Å². The second kappa shape index (κ2) is 8.94. The third kappa shape index (κ3) is 5.25. The van der Waals surface area contributed by atoms with Gasteiger partial charge in [-0.05, 0) is 93.0 Å². The van der Waals surface area contributed by atoms with E-state index in [0.29, 0.717) is 13.2 Å². The van der Waals surface area contributed by atoms with Crippen molar-refractivity contribution in [1.82, 2.24) is 5.32 Å². The number of benzene rings is 2. The van der Waals surface area contributed by atoms with Gasteiger partial charge in [0, 0.05) is 0 Å². The number of aryl methyl sites for hydroxylation is 4. The second-order valence-electron chi connectivity index (χ2n) is 7.28. The van der Waals surface area contributed by atoms with Crippen LogP contribution in [0.3, 0.4) is 0 Å². The Hall–Kier alpha value is -2.49. The Morgan fingerprint density at radius 1 is 1.00 bits per heavy atom. The van der Waals surface area contributed by atoms with Gasteiger partial charge in [-0.2, -0.15) is 0 Å². The molecule has 0 aliphatic heterocycles. The number of ether oxygens (including phenoxy) is 2. The predicted molar refractivity (Wildman–Crippen MR) is 108 cm³/mol. The maximum atomic E-state index is 12.3. The van der Waals surface area contributed by atoms with Gasteiger partial charge in [0.1, 0.15) is 18.1 Å². The summed E-state index contributed by atoms with van der Waals surface area (Å²) in [5, 5.41) is 2.87. The Kier molecular flexibility index (Phi) is 6.38. The van der Waals surface area contributed by atoms with Gasteiger partial charge in [0.15, 0.2) is 6.10 Å². The third-order valence-electron chi connectivity index (χ3n) is 5.15. The van der Waals surface area contributed by atoms with Crippen molar-refractivity contribution < 1.29 is 14.3 Å². The van der Waals surface area contributed by atoms with Crippen LogP contribution in [0.1, 0.15) is 42.0 Å². The number of rotatable bonds is 7. The van der Waals surface area contributed by atoms with Crippen molar-refractivity contribution in [3.63, 3.8) is 0 Å². The Morgan fingerprint density at radius 2 is 1.74 bits per heavy atom. The Bertz CT molecular complexity index is 800. The fraction of sp³-hybridized carbons (Fsp3) is 0.435. The molecule has 1 aliphatic rings. The van der Waals surface area contributed by atoms with E-state index in [4.69, 9.17) is 9.47 Å². The third-order valence-corrected chi connectivity index (χ3v) is 5.15. The lowest BCUT2D eigenvalue weighted by molar-refractivity contribution is -0.127. The number of hydrogen-bond acceptors (Lipinski definition) is 3. The van der Waals surface area contributed by atoms with Crippen molar-refractivity contribution in [3.05, 3.63) is 58.7 Å². The molecule has 0 fully saturated rings. The molecule has 3 rings (SSSR count). The van der Waals surface area contributed by atoms with Crippen molar-refractivity contribution in [2.75, 3.05) is 13.2 Å². The van der Waals surface area contributed by atoms with Gasteiger partial charge in [0.2, 0.25) is 0 Å². The normalized spacial score (nSPS) is 14.2. The zero-order valence-corrected chi connectivity index (χ0v) is 16.5. The summed E-state index contributed by atoms with van der Waals surface area (Å²) in [5.41, 5.74) is 5.20. The number of fused-ring (bicyclic) bond motifs is 1. The molecule has 4 heteroatoms. The molecule has 0 radical (unpaired) electrons. The summed E-state index contributed by atoms with van der Waals surface area (Å²) < 4.78 is 11.5. The van der Waals surface area contributed by atoms with E-state index in [1.165, 1.54) is 35.1 Å². The van der Waals surface area contributed by atoms with Crippen molar-refractivity contribution in [2.24, 2.45) is 0 Å². The molecule has 2 aromatic rings. The van der Waals surface area contributed by atoms with Gasteiger partial charge in [-0.1, -0.05) is 12.1 Å². The number of carbonyl (C=O) groups is 1. The minimum atomic E-state index is -0.534. The summed E-state index contributed by atoms with van der Waals surface area (Å²) in [6.45, 7) is 6.79. The van der Waals surface area contributed by atoms with Crippen LogP contribution in [0.2, 0.25) is 0 Å². The molecule has 0 unspecified atom stereocenters. The van der Waals surface area contributed by atoms with Gasteiger partial charge in [-0.25, -0.2) is 0 Å². The summed E-state index contributed by atoms with van der Waals surface area (Å²) in [6, 6.07) is 12.2. The van der Waals surface area contributed by atoms with Crippen LogP contribution in [0, 0.1) is 13.8 Å². The maximum Gasteiger partial charge on any atom is 0.260 e. The molecule has 0 bridgehead atoms. The van der Waals surface area contributed by atoms with E-state index in [9.17, 15) is 4.79 Å². The standard InChI is InChI=1S/C23H29NO3/c1-16-8-10-21(14-17(16)2)26-13-12-24-23(25)18(3)27-22-11-9-19-6-4-5-7-20(19)15-22/h8-11,14-15,18H,4-7,12-13H2,1-3H3,(H,24,25)/t18-/m1/s1. The molecule has 1 atom stereocenters. The van der Waals surface area contributed by atoms with Crippen LogP contribution in [-0.2, 0) is 17.6 Å². The molecule has 1 aliphatic carbocycles. The Morgan fingerprint density at radius 3 is 2.52 bits per heavy atom. The summed E-state index contributed by atoms with van der Waals surface area (Å²) >= 11 is 0. The van der Waals surface area contributed by atoms with E-state index in [1.807, 2.05) is 24.3 Å². The molecule has 1 amide bonds. The molecular weight excluding hydrogens is 338 g/mol. The predicted octanol–water partition coefficient (Wildman–Crippen LogP) is 4.14. The first kappa shape index (κ1) is 19.3. The first-order valence-corrected chi connectivity index (χ1v) is 9.79. The molecule has 2 aromatic carbocycles. The molecule has 27 heavy (non-hydrogen) atoms. The van der Waals surface area contributed by atoms with Gasteiger partial charge < -0.3 is 14.8 Å². The monoisotopic (exact) mass is 367 g/mol. The lowest BCUT2D eigenvalue weighted by Crippen LogP contribution is -2.38. The minimum absolute atomic E-state index is 0.128. The average Bonchev–Trinajstić information content (AvgIpc) is 2.67. The van der Waals surface area contributed by atoms with Crippen LogP contribution in [-0.4, -0.2) is 25.2 Å². The second-order valence-corrected chi connectivity index (χ2v) is 7.28. The highest BCUT2D eigenvalue weighted by Gasteiger charge is 2.16. The number of amides is 1. The number of carbonyl (C=O) groups excluding carboxylic acids is 1. The first-order chi connectivity index (χ1) is 13.0. The molecule has 0 heterocycles. The Balaban J connectivity index is 1.43. The van der Waals surface area contributed by atoms with Gasteiger partial charge in [-0.3, -0.25) is 4.79 Å².